The SMILES string of the molecule is CCN1C[C@]2(C)[C@H](CC=C3C[C@H]4C(=O)C[C@]5(C)[C@@H]([C@H](C)N(C)C)[C@H](O)C[C@@]5(C)[C@@H]4CC[C@H]32)N=C1C(C)C. The number of ketones is 1. The highest BCUT2D eigenvalue weighted by atomic mass is 16.3. The van der Waals surface area contributed by atoms with E-state index < -0.39 is 0 Å². The van der Waals surface area contributed by atoms with E-state index >= 15 is 0 Å². The van der Waals surface area contributed by atoms with Crippen molar-refractivity contribution in [2.24, 2.45) is 50.8 Å². The third-order valence-corrected chi connectivity index (χ3v) is 12.6. The Morgan fingerprint density at radius 1 is 1.16 bits per heavy atom. The predicted octanol–water partition coefficient (Wildman–Crippen LogP) is 5.43. The summed E-state index contributed by atoms with van der Waals surface area (Å²) >= 11 is 0. The van der Waals surface area contributed by atoms with Crippen LogP contribution in [0.1, 0.15) is 87.0 Å². The summed E-state index contributed by atoms with van der Waals surface area (Å²) in [7, 11) is 4.22. The molecule has 3 saturated carbocycles. The average molecular weight is 512 g/mol. The predicted molar refractivity (Wildman–Crippen MR) is 152 cm³/mol. The molecular formula is C32H53N3O2. The minimum atomic E-state index is -0.342. The molecule has 1 heterocycles. The van der Waals surface area contributed by atoms with E-state index in [2.05, 4.69) is 78.4 Å². The monoisotopic (exact) mass is 511 g/mol. The molecular weight excluding hydrogens is 458 g/mol. The largest absolute Gasteiger partial charge is 0.393 e. The van der Waals surface area contributed by atoms with Gasteiger partial charge in [-0.05, 0) is 82.7 Å². The number of aliphatic imine (C=N–C) groups is 1. The van der Waals surface area contributed by atoms with Gasteiger partial charge in [0.15, 0.2) is 0 Å². The molecule has 5 rings (SSSR count). The summed E-state index contributed by atoms with van der Waals surface area (Å²) in [6.45, 7) is 18.4. The first-order valence-corrected chi connectivity index (χ1v) is 15.2. The van der Waals surface area contributed by atoms with Crippen molar-refractivity contribution in [1.29, 1.82) is 0 Å². The van der Waals surface area contributed by atoms with Crippen molar-refractivity contribution in [1.82, 2.24) is 9.80 Å². The maximum Gasteiger partial charge on any atom is 0.137 e. The fourth-order valence-electron chi connectivity index (χ4n) is 10.2. The first-order chi connectivity index (χ1) is 17.3. The summed E-state index contributed by atoms with van der Waals surface area (Å²) in [6.07, 6.45) is 7.78. The lowest BCUT2D eigenvalue weighted by Gasteiger charge is -2.56. The third-order valence-electron chi connectivity index (χ3n) is 12.6. The van der Waals surface area contributed by atoms with Crippen molar-refractivity contribution in [3.8, 4) is 0 Å². The Balaban J connectivity index is 1.50. The molecule has 208 valence electrons. The van der Waals surface area contributed by atoms with Gasteiger partial charge in [-0.15, -0.1) is 0 Å². The second kappa shape index (κ2) is 9.18. The van der Waals surface area contributed by atoms with E-state index in [9.17, 15) is 9.90 Å². The van der Waals surface area contributed by atoms with Gasteiger partial charge >= 0.3 is 0 Å². The summed E-state index contributed by atoms with van der Waals surface area (Å²) in [6, 6.07) is 0.592. The maximum atomic E-state index is 14.0. The Hall–Kier alpha value is -1.20. The van der Waals surface area contributed by atoms with Gasteiger partial charge in [-0.3, -0.25) is 9.79 Å². The van der Waals surface area contributed by atoms with Crippen molar-refractivity contribution >= 4 is 11.6 Å². The van der Waals surface area contributed by atoms with Crippen LogP contribution in [-0.4, -0.2) is 71.9 Å². The van der Waals surface area contributed by atoms with Gasteiger partial charge in [0.1, 0.15) is 11.6 Å². The molecule has 0 amide bonds. The first-order valence-electron chi connectivity index (χ1n) is 15.2. The highest BCUT2D eigenvalue weighted by molar-refractivity contribution is 5.85. The second-order valence-electron chi connectivity index (χ2n) is 14.7. The minimum absolute atomic E-state index is 0.0146. The molecule has 0 bridgehead atoms. The molecule has 0 aromatic heterocycles. The Bertz CT molecular complexity index is 987. The van der Waals surface area contributed by atoms with Crippen LogP contribution in [0.5, 0.6) is 0 Å². The quantitative estimate of drug-likeness (QED) is 0.512. The number of rotatable bonds is 4. The average Bonchev–Trinajstić information content (AvgIpc) is 2.94. The summed E-state index contributed by atoms with van der Waals surface area (Å²) in [5.74, 6) is 3.27. The van der Waals surface area contributed by atoms with E-state index in [0.717, 1.165) is 45.2 Å². The van der Waals surface area contributed by atoms with E-state index in [1.807, 2.05) is 0 Å². The van der Waals surface area contributed by atoms with E-state index in [-0.39, 0.29) is 40.2 Å². The summed E-state index contributed by atoms with van der Waals surface area (Å²) < 4.78 is 0. The number of nitrogens with zero attached hydrogens (tertiary/aromatic N) is 3. The molecule has 0 radical (unpaired) electrons. The number of hydrogen-bond acceptors (Lipinski definition) is 5. The molecule has 3 fully saturated rings. The number of aliphatic hydroxyl groups excluding tert-OH is 1. The van der Waals surface area contributed by atoms with Crippen LogP contribution in [0, 0.1) is 45.8 Å². The zero-order valence-corrected chi connectivity index (χ0v) is 25.1. The van der Waals surface area contributed by atoms with Crippen molar-refractivity contribution in [2.75, 3.05) is 27.2 Å². The number of allylic oxidation sites excluding steroid dienone is 1. The standard InChI is InChI=1S/C32H53N3O2/c1-10-35-18-30(5)23-12-13-24-22(15-21(23)11-14-27(30)33-29(35)19(2)3)25(36)16-32(7)28(20(4)34(8)9)26(37)17-31(24,32)6/h11,19-20,22-24,26-28,37H,10,12-18H2,1-9H3/t20-,22+,23+,24+,26+,27-,28-,30-,31-,32+/m0/s1. The molecule has 0 saturated heterocycles. The minimum Gasteiger partial charge on any atom is -0.393 e. The molecule has 5 nitrogen and oxygen atoms in total. The number of carbonyl (C=O) groups excluding carboxylic acids is 1. The molecule has 10 atom stereocenters. The molecule has 37 heavy (non-hydrogen) atoms. The third kappa shape index (κ3) is 3.84. The van der Waals surface area contributed by atoms with Gasteiger partial charge in [-0.2, -0.15) is 0 Å². The lowest BCUT2D eigenvalue weighted by molar-refractivity contribution is -0.147. The smallest absolute Gasteiger partial charge is 0.137 e. The molecule has 4 aliphatic carbocycles. The number of carbonyl (C=O) groups is 1. The molecule has 0 aromatic rings. The highest BCUT2D eigenvalue weighted by Gasteiger charge is 2.68. The van der Waals surface area contributed by atoms with Crippen LogP contribution in [0.2, 0.25) is 0 Å². The van der Waals surface area contributed by atoms with Gasteiger partial charge in [0.2, 0.25) is 0 Å². The Labute approximate surface area is 226 Å². The lowest BCUT2D eigenvalue weighted by atomic mass is 9.48. The van der Waals surface area contributed by atoms with Gasteiger partial charge in [0, 0.05) is 48.7 Å². The Morgan fingerprint density at radius 2 is 1.86 bits per heavy atom. The molecule has 5 aliphatic rings. The van der Waals surface area contributed by atoms with Gasteiger partial charge in [-0.25, -0.2) is 0 Å². The van der Waals surface area contributed by atoms with Crippen LogP contribution >= 0.6 is 0 Å². The maximum absolute atomic E-state index is 14.0. The van der Waals surface area contributed by atoms with Crippen LogP contribution in [0.4, 0.5) is 0 Å². The number of amidine groups is 1. The topological polar surface area (TPSA) is 56.1 Å². The molecule has 0 unspecified atom stereocenters. The molecule has 0 aromatic carbocycles. The normalized spacial score (nSPS) is 46.5. The van der Waals surface area contributed by atoms with E-state index in [1.54, 1.807) is 5.57 Å². The Kier molecular flexibility index (Phi) is 6.79. The van der Waals surface area contributed by atoms with Crippen molar-refractivity contribution in [3.05, 3.63) is 11.6 Å². The number of Topliss-reactive ketones (excluding diaryl/α,β-unsaturated/α-hetero) is 1. The van der Waals surface area contributed by atoms with E-state index in [1.165, 1.54) is 5.84 Å². The van der Waals surface area contributed by atoms with Gasteiger partial charge in [0.25, 0.3) is 0 Å². The molecule has 1 N–H and O–H groups in total. The fourth-order valence-corrected chi connectivity index (χ4v) is 10.2. The number of fused-ring (bicyclic) bond motifs is 6. The van der Waals surface area contributed by atoms with Crippen molar-refractivity contribution < 1.29 is 9.90 Å². The zero-order valence-electron chi connectivity index (χ0n) is 25.1. The highest BCUT2D eigenvalue weighted by Crippen LogP contribution is 2.69. The van der Waals surface area contributed by atoms with E-state index in [4.69, 9.17) is 4.99 Å². The summed E-state index contributed by atoms with van der Waals surface area (Å²) in [5, 5.41) is 11.5. The van der Waals surface area contributed by atoms with Gasteiger partial charge in [-0.1, -0.05) is 46.3 Å². The van der Waals surface area contributed by atoms with Gasteiger partial charge in [0.05, 0.1) is 12.1 Å². The summed E-state index contributed by atoms with van der Waals surface area (Å²) in [5.41, 5.74) is 1.49. The number of aliphatic hydroxyl groups is 1. The van der Waals surface area contributed by atoms with Crippen LogP contribution in [0.3, 0.4) is 0 Å². The van der Waals surface area contributed by atoms with Crippen LogP contribution in [0.25, 0.3) is 0 Å². The first kappa shape index (κ1) is 27.4. The fraction of sp³-hybridized carbons (Fsp3) is 0.875. The lowest BCUT2D eigenvalue weighted by Crippen LogP contribution is -2.56. The van der Waals surface area contributed by atoms with Crippen molar-refractivity contribution in [3.63, 3.8) is 0 Å². The van der Waals surface area contributed by atoms with Gasteiger partial charge < -0.3 is 14.9 Å². The molecule has 0 spiro atoms. The zero-order chi connectivity index (χ0) is 27.1. The summed E-state index contributed by atoms with van der Waals surface area (Å²) in [4.78, 5) is 24.2. The van der Waals surface area contributed by atoms with Crippen molar-refractivity contribution in [2.45, 2.75) is 105 Å². The molecule has 1 aliphatic heterocycles. The van der Waals surface area contributed by atoms with Crippen LogP contribution in [-0.2, 0) is 4.79 Å². The van der Waals surface area contributed by atoms with Crippen LogP contribution < -0.4 is 0 Å². The second-order valence-corrected chi connectivity index (χ2v) is 14.7. The number of hydrogen-bond donors (Lipinski definition) is 1. The molecule has 5 heteroatoms. The van der Waals surface area contributed by atoms with E-state index in [0.29, 0.717) is 36.0 Å². The Morgan fingerprint density at radius 3 is 2.49 bits per heavy atom. The van der Waals surface area contributed by atoms with Crippen LogP contribution in [0.15, 0.2) is 16.6 Å².